The fourth-order valence-corrected chi connectivity index (χ4v) is 3.55. The zero-order valence-electron chi connectivity index (χ0n) is 10.1. The number of hydrogen-bond acceptors (Lipinski definition) is 4. The van der Waals surface area contributed by atoms with E-state index in [9.17, 15) is 4.79 Å². The van der Waals surface area contributed by atoms with E-state index in [4.69, 9.17) is 0 Å². The molecule has 0 saturated heterocycles. The van der Waals surface area contributed by atoms with E-state index in [1.54, 1.807) is 23.7 Å². The minimum Gasteiger partial charge on any atom is -0.288 e. The van der Waals surface area contributed by atoms with E-state index in [1.807, 2.05) is 0 Å². The van der Waals surface area contributed by atoms with Gasteiger partial charge in [0.25, 0.3) is 0 Å². The third-order valence-corrected chi connectivity index (χ3v) is 4.53. The van der Waals surface area contributed by atoms with Gasteiger partial charge in [0.2, 0.25) is 5.78 Å². The van der Waals surface area contributed by atoms with Gasteiger partial charge in [-0.2, -0.15) is 0 Å². The minimum atomic E-state index is 0.0497. The van der Waals surface area contributed by atoms with Crippen molar-refractivity contribution in [2.75, 3.05) is 0 Å². The van der Waals surface area contributed by atoms with Crippen LogP contribution >= 0.6 is 11.3 Å². The summed E-state index contributed by atoms with van der Waals surface area (Å²) >= 11 is 1.65. The van der Waals surface area contributed by atoms with Crippen LogP contribution in [-0.2, 0) is 12.8 Å². The second-order valence-electron chi connectivity index (χ2n) is 4.58. The number of aryl methyl sites for hydroxylation is 2. The summed E-state index contributed by atoms with van der Waals surface area (Å²) in [7, 11) is 0. The number of hydrogen-bond donors (Lipinski definition) is 0. The molecule has 3 rings (SSSR count). The van der Waals surface area contributed by atoms with Gasteiger partial charge in [-0.25, -0.2) is 9.97 Å². The molecule has 0 aromatic carbocycles. The number of rotatable bonds is 2. The van der Waals surface area contributed by atoms with Crippen molar-refractivity contribution in [2.45, 2.75) is 32.1 Å². The normalized spacial score (nSPS) is 14.9. The van der Waals surface area contributed by atoms with Gasteiger partial charge in [0.15, 0.2) is 0 Å². The smallest absolute Gasteiger partial charge is 0.206 e. The second-order valence-corrected chi connectivity index (χ2v) is 5.71. The van der Waals surface area contributed by atoms with Crippen molar-refractivity contribution in [3.05, 3.63) is 45.7 Å². The first-order valence-corrected chi connectivity index (χ1v) is 7.07. The van der Waals surface area contributed by atoms with Gasteiger partial charge in [-0.1, -0.05) is 6.42 Å². The number of thiophene rings is 1. The van der Waals surface area contributed by atoms with Gasteiger partial charge in [-0.05, 0) is 37.3 Å². The summed E-state index contributed by atoms with van der Waals surface area (Å²) in [5.74, 6) is 0.0497. The van der Waals surface area contributed by atoms with Gasteiger partial charge in [-0.3, -0.25) is 4.79 Å². The fraction of sp³-hybridized carbons (Fsp3) is 0.357. The molecule has 1 aliphatic rings. The van der Waals surface area contributed by atoms with Crippen LogP contribution in [-0.4, -0.2) is 15.8 Å². The van der Waals surface area contributed by atoms with Crippen molar-refractivity contribution in [3.8, 4) is 0 Å². The van der Waals surface area contributed by atoms with Gasteiger partial charge >= 0.3 is 0 Å². The molecule has 4 heteroatoms. The van der Waals surface area contributed by atoms with E-state index in [0.717, 1.165) is 17.7 Å². The molecule has 2 aromatic heterocycles. The molecule has 0 fully saturated rings. The molecule has 0 N–H and O–H groups in total. The van der Waals surface area contributed by atoms with Crippen LogP contribution in [0.5, 0.6) is 0 Å². The quantitative estimate of drug-likeness (QED) is 0.614. The Morgan fingerprint density at radius 3 is 2.72 bits per heavy atom. The molecule has 0 bridgehead atoms. The van der Waals surface area contributed by atoms with Crippen molar-refractivity contribution < 1.29 is 4.79 Å². The summed E-state index contributed by atoms with van der Waals surface area (Å²) in [5.41, 5.74) is 1.95. The minimum absolute atomic E-state index is 0.0497. The van der Waals surface area contributed by atoms with Crippen molar-refractivity contribution >= 4 is 17.1 Å². The Bertz CT molecular complexity index is 539. The van der Waals surface area contributed by atoms with Crippen LogP contribution < -0.4 is 0 Å². The second kappa shape index (κ2) is 4.98. The average Bonchev–Trinajstić information content (AvgIpc) is 2.70. The van der Waals surface area contributed by atoms with E-state index >= 15 is 0 Å². The number of nitrogens with zero attached hydrogens (tertiary/aromatic N) is 2. The highest BCUT2D eigenvalue weighted by Crippen LogP contribution is 2.30. The lowest BCUT2D eigenvalue weighted by atomic mass is 10.1. The Kier molecular flexibility index (Phi) is 3.19. The van der Waals surface area contributed by atoms with Gasteiger partial charge in [0.05, 0.1) is 10.4 Å². The number of aromatic nitrogens is 2. The summed E-state index contributed by atoms with van der Waals surface area (Å²) in [6, 6.07) is 2.07. The van der Waals surface area contributed by atoms with Gasteiger partial charge in [0, 0.05) is 17.3 Å². The highest BCUT2D eigenvalue weighted by molar-refractivity contribution is 7.14. The molecule has 92 valence electrons. The highest BCUT2D eigenvalue weighted by atomic mass is 32.1. The molecule has 2 aromatic rings. The lowest BCUT2D eigenvalue weighted by molar-refractivity contribution is 0.104. The van der Waals surface area contributed by atoms with Crippen molar-refractivity contribution in [3.63, 3.8) is 0 Å². The molecule has 0 aliphatic heterocycles. The Morgan fingerprint density at radius 1 is 1.11 bits per heavy atom. The Hall–Kier alpha value is -1.55. The first-order valence-electron chi connectivity index (χ1n) is 6.26. The van der Waals surface area contributed by atoms with Crippen LogP contribution in [0.15, 0.2) is 24.8 Å². The number of carbonyl (C=O) groups excluding carboxylic acids is 1. The van der Waals surface area contributed by atoms with Crippen LogP contribution in [0.1, 0.15) is 44.9 Å². The lowest BCUT2D eigenvalue weighted by Gasteiger charge is -1.96. The topological polar surface area (TPSA) is 42.9 Å². The third kappa shape index (κ3) is 2.20. The summed E-state index contributed by atoms with van der Waals surface area (Å²) in [6.45, 7) is 0. The molecule has 0 radical (unpaired) electrons. The fourth-order valence-electron chi connectivity index (χ4n) is 2.34. The summed E-state index contributed by atoms with van der Waals surface area (Å²) < 4.78 is 0. The Morgan fingerprint density at radius 2 is 1.89 bits per heavy atom. The lowest BCUT2D eigenvalue weighted by Crippen LogP contribution is -1.99. The van der Waals surface area contributed by atoms with Gasteiger partial charge in [0.1, 0.15) is 6.33 Å². The van der Waals surface area contributed by atoms with E-state index in [2.05, 4.69) is 16.0 Å². The van der Waals surface area contributed by atoms with Crippen LogP contribution in [0.2, 0.25) is 0 Å². The monoisotopic (exact) mass is 258 g/mol. The first-order chi connectivity index (χ1) is 8.84. The number of carbonyl (C=O) groups is 1. The zero-order valence-corrected chi connectivity index (χ0v) is 10.9. The van der Waals surface area contributed by atoms with Gasteiger partial charge in [-0.15, -0.1) is 11.3 Å². The van der Waals surface area contributed by atoms with Crippen LogP contribution in [0.25, 0.3) is 0 Å². The molecule has 0 spiro atoms. The first kappa shape index (κ1) is 11.5. The molecular weight excluding hydrogens is 244 g/mol. The molecule has 0 saturated carbocycles. The molecule has 18 heavy (non-hydrogen) atoms. The molecule has 0 amide bonds. The summed E-state index contributed by atoms with van der Waals surface area (Å²) in [5, 5.41) is 0. The summed E-state index contributed by atoms with van der Waals surface area (Å²) in [6.07, 6.45) is 10.6. The van der Waals surface area contributed by atoms with E-state index < -0.39 is 0 Å². The highest BCUT2D eigenvalue weighted by Gasteiger charge is 2.17. The maximum Gasteiger partial charge on any atom is 0.206 e. The van der Waals surface area contributed by atoms with Crippen LogP contribution in [0.4, 0.5) is 0 Å². The maximum absolute atomic E-state index is 12.3. The van der Waals surface area contributed by atoms with E-state index in [1.165, 1.54) is 36.0 Å². The largest absolute Gasteiger partial charge is 0.288 e. The SMILES string of the molecule is O=C(c1cncnc1)c1cc2c(s1)CCCCC2. The molecular formula is C14H14N2OS. The standard InChI is InChI=1S/C14H14N2OS/c17-14(11-7-15-9-16-8-11)13-6-10-4-2-1-3-5-12(10)18-13/h6-9H,1-5H2. The molecule has 2 heterocycles. The summed E-state index contributed by atoms with van der Waals surface area (Å²) in [4.78, 5) is 22.3. The van der Waals surface area contributed by atoms with Crippen molar-refractivity contribution in [1.29, 1.82) is 0 Å². The number of fused-ring (bicyclic) bond motifs is 1. The molecule has 0 atom stereocenters. The third-order valence-electron chi connectivity index (χ3n) is 3.29. The van der Waals surface area contributed by atoms with Crippen LogP contribution in [0.3, 0.4) is 0 Å². The van der Waals surface area contributed by atoms with Crippen molar-refractivity contribution in [1.82, 2.24) is 9.97 Å². The maximum atomic E-state index is 12.3. The predicted molar refractivity (Wildman–Crippen MR) is 71.0 cm³/mol. The Balaban J connectivity index is 1.91. The molecule has 1 aliphatic carbocycles. The Labute approximate surface area is 110 Å². The van der Waals surface area contributed by atoms with E-state index in [-0.39, 0.29) is 5.78 Å². The molecule has 0 unspecified atom stereocenters. The molecule has 3 nitrogen and oxygen atoms in total. The van der Waals surface area contributed by atoms with E-state index in [0.29, 0.717) is 5.56 Å². The predicted octanol–water partition coefficient (Wildman–Crippen LogP) is 3.04. The van der Waals surface area contributed by atoms with Gasteiger partial charge < -0.3 is 0 Å². The van der Waals surface area contributed by atoms with Crippen LogP contribution in [0, 0.1) is 0 Å². The van der Waals surface area contributed by atoms with Crippen molar-refractivity contribution in [2.24, 2.45) is 0 Å². The average molecular weight is 258 g/mol. The number of ketones is 1. The zero-order chi connectivity index (χ0) is 12.4.